The van der Waals surface area contributed by atoms with Crippen LogP contribution in [-0.2, 0) is 12.8 Å². The van der Waals surface area contributed by atoms with Crippen LogP contribution in [0, 0.1) is 11.8 Å². The van der Waals surface area contributed by atoms with Crippen LogP contribution >= 0.6 is 0 Å². The fourth-order valence-electron chi connectivity index (χ4n) is 4.83. The van der Waals surface area contributed by atoms with E-state index in [2.05, 4.69) is 58.0 Å². The predicted molar refractivity (Wildman–Crippen MR) is 146 cm³/mol. The molecule has 0 spiro atoms. The Bertz CT molecular complexity index is 1050. The van der Waals surface area contributed by atoms with E-state index in [0.717, 1.165) is 52.3 Å². The van der Waals surface area contributed by atoms with E-state index in [0.29, 0.717) is 0 Å². The Morgan fingerprint density at radius 1 is 0.735 bits per heavy atom. The number of rotatable bonds is 14. The quantitative estimate of drug-likeness (QED) is 0.177. The summed E-state index contributed by atoms with van der Waals surface area (Å²) in [5.74, 6) is 1.67. The zero-order valence-electron chi connectivity index (χ0n) is 22.1. The Morgan fingerprint density at radius 3 is 1.91 bits per heavy atom. The van der Waals surface area contributed by atoms with Crippen LogP contribution in [0.1, 0.15) is 107 Å². The second-order valence-corrected chi connectivity index (χ2v) is 10.9. The molecule has 0 saturated carbocycles. The van der Waals surface area contributed by atoms with Gasteiger partial charge in [0.25, 0.3) is 0 Å². The second-order valence-electron chi connectivity index (χ2n) is 10.9. The molecule has 0 aliphatic heterocycles. The number of hydrogen-bond acceptors (Lipinski definition) is 2. The van der Waals surface area contributed by atoms with Gasteiger partial charge in [-0.1, -0.05) is 90.5 Å². The zero-order chi connectivity index (χ0) is 24.5. The molecule has 3 aromatic rings. The molecule has 0 amide bonds. The van der Waals surface area contributed by atoms with Crippen LogP contribution in [-0.4, -0.2) is 5.78 Å². The first-order chi connectivity index (χ1) is 16.3. The molecule has 184 valence electrons. The van der Waals surface area contributed by atoms with E-state index in [1.54, 1.807) is 6.92 Å². The van der Waals surface area contributed by atoms with Gasteiger partial charge in [0.05, 0.1) is 6.26 Å². The van der Waals surface area contributed by atoms with E-state index in [1.807, 2.05) is 12.3 Å². The van der Waals surface area contributed by atoms with Crippen LogP contribution < -0.4 is 0 Å². The van der Waals surface area contributed by atoms with E-state index in [4.69, 9.17) is 4.42 Å². The largest absolute Gasteiger partial charge is 0.464 e. The fourth-order valence-corrected chi connectivity index (χ4v) is 4.83. The van der Waals surface area contributed by atoms with Crippen molar-refractivity contribution in [1.29, 1.82) is 0 Å². The summed E-state index contributed by atoms with van der Waals surface area (Å²) >= 11 is 0. The Hall–Kier alpha value is -2.35. The van der Waals surface area contributed by atoms with Gasteiger partial charge in [0, 0.05) is 16.5 Å². The standard InChI is InChI=1S/C32H44O2/c1-23(2)12-8-6-10-14-26-16-18-28(25(5)33)29(20-26)31-22-34-32-19-17-27(21-30(31)32)15-11-7-9-13-24(3)4/h16-24H,6-15H2,1-5H3. The maximum atomic E-state index is 12.5. The van der Waals surface area contributed by atoms with Gasteiger partial charge in [-0.3, -0.25) is 4.79 Å². The first-order valence-electron chi connectivity index (χ1n) is 13.5. The molecule has 0 unspecified atom stereocenters. The van der Waals surface area contributed by atoms with Gasteiger partial charge < -0.3 is 4.42 Å². The third kappa shape index (κ3) is 7.58. The van der Waals surface area contributed by atoms with Gasteiger partial charge >= 0.3 is 0 Å². The minimum Gasteiger partial charge on any atom is -0.464 e. The van der Waals surface area contributed by atoms with Crippen molar-refractivity contribution in [3.63, 3.8) is 0 Å². The van der Waals surface area contributed by atoms with Gasteiger partial charge in [0.15, 0.2) is 5.78 Å². The Morgan fingerprint density at radius 2 is 1.32 bits per heavy atom. The number of unbranched alkanes of at least 4 members (excludes halogenated alkanes) is 4. The van der Waals surface area contributed by atoms with E-state index in [1.165, 1.54) is 62.5 Å². The van der Waals surface area contributed by atoms with Crippen LogP contribution in [0.5, 0.6) is 0 Å². The molecule has 0 N–H and O–H groups in total. The smallest absolute Gasteiger partial charge is 0.160 e. The molecular formula is C32H44O2. The number of benzene rings is 2. The lowest BCUT2D eigenvalue weighted by atomic mass is 9.92. The van der Waals surface area contributed by atoms with Gasteiger partial charge in [-0.15, -0.1) is 0 Å². The second kappa shape index (κ2) is 12.9. The van der Waals surface area contributed by atoms with Gasteiger partial charge in [0.2, 0.25) is 0 Å². The number of aryl methyl sites for hydroxylation is 2. The average molecular weight is 461 g/mol. The minimum absolute atomic E-state index is 0.106. The Labute approximate surface area is 207 Å². The predicted octanol–water partition coefficient (Wildman–Crippen LogP) is 9.82. The van der Waals surface area contributed by atoms with Crippen LogP contribution in [0.15, 0.2) is 47.1 Å². The summed E-state index contributed by atoms with van der Waals surface area (Å²) in [5, 5.41) is 1.12. The molecule has 2 nitrogen and oxygen atoms in total. The molecule has 0 atom stereocenters. The molecule has 2 aromatic carbocycles. The van der Waals surface area contributed by atoms with Crippen molar-refractivity contribution < 1.29 is 9.21 Å². The summed E-state index contributed by atoms with van der Waals surface area (Å²) in [7, 11) is 0. The fraction of sp³-hybridized carbons (Fsp3) is 0.531. The summed E-state index contributed by atoms with van der Waals surface area (Å²) in [6.07, 6.45) is 14.2. The van der Waals surface area contributed by atoms with Crippen LogP contribution in [0.25, 0.3) is 22.1 Å². The minimum atomic E-state index is 0.106. The maximum absolute atomic E-state index is 12.5. The molecule has 1 heterocycles. The zero-order valence-corrected chi connectivity index (χ0v) is 22.1. The summed E-state index contributed by atoms with van der Waals surface area (Å²) in [6, 6.07) is 12.9. The molecule has 3 rings (SSSR count). The molecule has 34 heavy (non-hydrogen) atoms. The monoisotopic (exact) mass is 460 g/mol. The highest BCUT2D eigenvalue weighted by Gasteiger charge is 2.16. The molecule has 1 aromatic heterocycles. The lowest BCUT2D eigenvalue weighted by Gasteiger charge is -2.10. The van der Waals surface area contributed by atoms with Gasteiger partial charge in [-0.25, -0.2) is 0 Å². The van der Waals surface area contributed by atoms with Gasteiger partial charge in [-0.2, -0.15) is 0 Å². The molecule has 0 bridgehead atoms. The molecule has 0 fully saturated rings. The highest BCUT2D eigenvalue weighted by Crippen LogP contribution is 2.35. The number of carbonyl (C=O) groups excluding carboxylic acids is 1. The molecule has 0 saturated heterocycles. The molecule has 2 heteroatoms. The van der Waals surface area contributed by atoms with Crippen molar-refractivity contribution in [3.8, 4) is 11.1 Å². The van der Waals surface area contributed by atoms with Crippen LogP contribution in [0.2, 0.25) is 0 Å². The Kier molecular flexibility index (Phi) is 9.99. The lowest BCUT2D eigenvalue weighted by Crippen LogP contribution is -1.98. The summed E-state index contributed by atoms with van der Waals surface area (Å²) in [6.45, 7) is 10.8. The number of hydrogen-bond donors (Lipinski definition) is 0. The van der Waals surface area contributed by atoms with E-state index < -0.39 is 0 Å². The van der Waals surface area contributed by atoms with E-state index in [9.17, 15) is 4.79 Å². The van der Waals surface area contributed by atoms with Crippen LogP contribution in [0.4, 0.5) is 0 Å². The van der Waals surface area contributed by atoms with Crippen molar-refractivity contribution in [2.45, 2.75) is 98.8 Å². The van der Waals surface area contributed by atoms with Crippen molar-refractivity contribution in [1.82, 2.24) is 0 Å². The summed E-state index contributed by atoms with van der Waals surface area (Å²) in [4.78, 5) is 12.5. The SMILES string of the molecule is CC(=O)c1ccc(CCCCCC(C)C)cc1-c1coc2ccc(CCCCCC(C)C)cc12. The number of furan rings is 1. The summed E-state index contributed by atoms with van der Waals surface area (Å²) in [5.41, 5.74) is 6.40. The van der Waals surface area contributed by atoms with Crippen molar-refractivity contribution in [2.24, 2.45) is 11.8 Å². The highest BCUT2D eigenvalue weighted by atomic mass is 16.3. The Balaban J connectivity index is 1.77. The lowest BCUT2D eigenvalue weighted by molar-refractivity contribution is 0.101. The maximum Gasteiger partial charge on any atom is 0.160 e. The molecule has 0 radical (unpaired) electrons. The van der Waals surface area contributed by atoms with E-state index in [-0.39, 0.29) is 5.78 Å². The molecule has 0 aliphatic rings. The van der Waals surface area contributed by atoms with Gasteiger partial charge in [-0.05, 0) is 73.3 Å². The van der Waals surface area contributed by atoms with E-state index >= 15 is 0 Å². The van der Waals surface area contributed by atoms with Crippen molar-refractivity contribution >= 4 is 16.8 Å². The van der Waals surface area contributed by atoms with Gasteiger partial charge in [0.1, 0.15) is 5.58 Å². The summed E-state index contributed by atoms with van der Waals surface area (Å²) < 4.78 is 5.93. The van der Waals surface area contributed by atoms with Crippen LogP contribution in [0.3, 0.4) is 0 Å². The average Bonchev–Trinajstić information content (AvgIpc) is 3.21. The number of carbonyl (C=O) groups is 1. The highest BCUT2D eigenvalue weighted by molar-refractivity contribution is 6.05. The number of fused-ring (bicyclic) bond motifs is 1. The third-order valence-corrected chi connectivity index (χ3v) is 6.89. The molecular weight excluding hydrogens is 416 g/mol. The first-order valence-corrected chi connectivity index (χ1v) is 13.5. The first kappa shape index (κ1) is 26.3. The molecule has 0 aliphatic carbocycles. The third-order valence-electron chi connectivity index (χ3n) is 6.89. The topological polar surface area (TPSA) is 30.2 Å². The van der Waals surface area contributed by atoms with Crippen molar-refractivity contribution in [2.75, 3.05) is 0 Å². The number of Topliss-reactive ketones (excluding diaryl/α,β-unsaturated/α-hetero) is 1. The normalized spacial score (nSPS) is 11.7. The number of ketones is 1. The van der Waals surface area contributed by atoms with Crippen molar-refractivity contribution in [3.05, 3.63) is 59.4 Å².